The number of unbranched alkanes of at least 4 members (excludes halogenated alkanes) is 21. The summed E-state index contributed by atoms with van der Waals surface area (Å²) in [5.41, 5.74) is 5.33. The van der Waals surface area contributed by atoms with Crippen molar-refractivity contribution in [3.05, 3.63) is 24.3 Å². The first-order valence-corrected chi connectivity index (χ1v) is 21.8. The molecule has 10 heteroatoms. The number of nitrogens with two attached hydrogens (primary N) is 1. The molecule has 0 aliphatic carbocycles. The monoisotopic (exact) mass is 730 g/mol. The smallest absolute Gasteiger partial charge is 0.462 e. The van der Waals surface area contributed by atoms with Crippen LogP contribution >= 0.6 is 7.82 Å². The molecule has 294 valence electrons. The van der Waals surface area contributed by atoms with Crippen molar-refractivity contribution < 1.29 is 37.6 Å². The highest BCUT2D eigenvalue weighted by Gasteiger charge is 2.26. The van der Waals surface area contributed by atoms with Gasteiger partial charge in [0.15, 0.2) is 6.10 Å². The van der Waals surface area contributed by atoms with Gasteiger partial charge in [-0.05, 0) is 44.9 Å². The van der Waals surface area contributed by atoms with E-state index in [0.29, 0.717) is 6.42 Å². The third-order valence-corrected chi connectivity index (χ3v) is 9.57. The van der Waals surface area contributed by atoms with Gasteiger partial charge in [0.05, 0.1) is 13.2 Å². The van der Waals surface area contributed by atoms with E-state index < -0.39 is 26.5 Å². The quantitative estimate of drug-likeness (QED) is 0.0275. The number of carbonyl (C=O) groups is 2. The van der Waals surface area contributed by atoms with E-state index in [9.17, 15) is 19.0 Å². The van der Waals surface area contributed by atoms with Gasteiger partial charge in [-0.15, -0.1) is 0 Å². The molecule has 2 atom stereocenters. The molecule has 0 saturated heterocycles. The number of phosphoric ester groups is 1. The largest absolute Gasteiger partial charge is 0.472 e. The van der Waals surface area contributed by atoms with Crippen LogP contribution in [-0.2, 0) is 32.7 Å². The highest BCUT2D eigenvalue weighted by atomic mass is 31.2. The van der Waals surface area contributed by atoms with Gasteiger partial charge in [0.25, 0.3) is 0 Å². The van der Waals surface area contributed by atoms with Crippen LogP contribution in [0.4, 0.5) is 0 Å². The molecule has 0 aromatic heterocycles. The summed E-state index contributed by atoms with van der Waals surface area (Å²) in [7, 11) is -4.37. The lowest BCUT2D eigenvalue weighted by molar-refractivity contribution is -0.161. The fourth-order valence-corrected chi connectivity index (χ4v) is 6.31. The summed E-state index contributed by atoms with van der Waals surface area (Å²) < 4.78 is 32.7. The van der Waals surface area contributed by atoms with Crippen LogP contribution in [0.15, 0.2) is 24.3 Å². The van der Waals surface area contributed by atoms with Gasteiger partial charge in [0.1, 0.15) is 6.61 Å². The standard InChI is InChI=1S/C40H76NO8P/c1-3-5-7-9-11-13-15-16-17-18-19-20-21-22-23-25-27-29-31-33-40(43)49-38(37-48-50(44,45)47-35-34-41)36-46-39(42)32-30-28-26-24-14-12-10-8-6-4-2/h11,13,16-17,38H,3-10,12,14-15,18-37,41H2,1-2H3,(H,44,45)/b13-11-,17-16-/t38-/m1/s1. The van der Waals surface area contributed by atoms with E-state index in [2.05, 4.69) is 38.2 Å². The number of carbonyl (C=O) groups excluding carboxylic acids is 2. The second-order valence-electron chi connectivity index (χ2n) is 13.5. The van der Waals surface area contributed by atoms with E-state index >= 15 is 0 Å². The number of esters is 2. The van der Waals surface area contributed by atoms with Gasteiger partial charge in [0.2, 0.25) is 0 Å². The molecule has 0 aliphatic rings. The third-order valence-electron chi connectivity index (χ3n) is 8.59. The summed E-state index contributed by atoms with van der Waals surface area (Å²) in [6, 6.07) is 0. The van der Waals surface area contributed by atoms with Crippen LogP contribution in [0.2, 0.25) is 0 Å². The number of rotatable bonds is 38. The molecule has 0 fully saturated rings. The number of ether oxygens (including phenoxy) is 2. The zero-order valence-electron chi connectivity index (χ0n) is 32.1. The van der Waals surface area contributed by atoms with E-state index in [1.54, 1.807) is 0 Å². The molecule has 50 heavy (non-hydrogen) atoms. The average Bonchev–Trinajstić information content (AvgIpc) is 3.10. The number of hydrogen-bond donors (Lipinski definition) is 2. The van der Waals surface area contributed by atoms with Crippen molar-refractivity contribution in [3.8, 4) is 0 Å². The second kappa shape index (κ2) is 37.3. The maximum Gasteiger partial charge on any atom is 0.472 e. The Bertz CT molecular complexity index is 881. The Morgan fingerprint density at radius 1 is 0.600 bits per heavy atom. The molecule has 1 unspecified atom stereocenters. The van der Waals surface area contributed by atoms with Gasteiger partial charge in [0, 0.05) is 19.4 Å². The van der Waals surface area contributed by atoms with Gasteiger partial charge in [-0.1, -0.05) is 154 Å². The summed E-state index contributed by atoms with van der Waals surface area (Å²) in [5.74, 6) is -0.831. The Balaban J connectivity index is 4.14. The van der Waals surface area contributed by atoms with Crippen LogP contribution in [-0.4, -0.2) is 49.3 Å². The molecule has 9 nitrogen and oxygen atoms in total. The van der Waals surface area contributed by atoms with Crippen LogP contribution < -0.4 is 5.73 Å². The van der Waals surface area contributed by atoms with Gasteiger partial charge >= 0.3 is 19.8 Å². The third kappa shape index (κ3) is 36.3. The predicted octanol–water partition coefficient (Wildman–Crippen LogP) is 11.2. The first-order valence-electron chi connectivity index (χ1n) is 20.3. The molecule has 0 rings (SSSR count). The Morgan fingerprint density at radius 2 is 1.04 bits per heavy atom. The lowest BCUT2D eigenvalue weighted by Gasteiger charge is -2.19. The van der Waals surface area contributed by atoms with Crippen molar-refractivity contribution in [2.24, 2.45) is 5.73 Å². The first-order chi connectivity index (χ1) is 24.3. The van der Waals surface area contributed by atoms with Crippen molar-refractivity contribution in [2.45, 2.75) is 193 Å². The van der Waals surface area contributed by atoms with Crippen molar-refractivity contribution in [3.63, 3.8) is 0 Å². The fourth-order valence-electron chi connectivity index (χ4n) is 5.55. The van der Waals surface area contributed by atoms with Gasteiger partial charge in [-0.25, -0.2) is 4.57 Å². The number of phosphoric acid groups is 1. The van der Waals surface area contributed by atoms with E-state index in [1.165, 1.54) is 103 Å². The van der Waals surface area contributed by atoms with Crippen molar-refractivity contribution in [1.82, 2.24) is 0 Å². The molecular weight excluding hydrogens is 653 g/mol. The summed E-state index contributed by atoms with van der Waals surface area (Å²) in [4.78, 5) is 34.7. The van der Waals surface area contributed by atoms with Crippen molar-refractivity contribution in [1.29, 1.82) is 0 Å². The molecule has 0 aliphatic heterocycles. The van der Waals surface area contributed by atoms with Gasteiger partial charge in [-0.3, -0.25) is 18.6 Å². The SMILES string of the molecule is CCCCC/C=C\C/C=C\CCCCCCCCCCCC(=O)O[C@H](COC(=O)CCCCCCCCCCCC)COP(=O)(O)OCCN. The summed E-state index contributed by atoms with van der Waals surface area (Å²) in [6.45, 7) is 3.69. The minimum atomic E-state index is -4.37. The maximum absolute atomic E-state index is 12.5. The molecular formula is C40H76NO8P. The molecule has 0 saturated carbocycles. The highest BCUT2D eigenvalue weighted by molar-refractivity contribution is 7.47. The Hall–Kier alpha value is -1.51. The predicted molar refractivity (Wildman–Crippen MR) is 206 cm³/mol. The van der Waals surface area contributed by atoms with Crippen LogP contribution in [0.25, 0.3) is 0 Å². The summed E-state index contributed by atoms with van der Waals surface area (Å²) >= 11 is 0. The molecule has 0 radical (unpaired) electrons. The maximum atomic E-state index is 12.5. The van der Waals surface area contributed by atoms with Crippen LogP contribution in [0.3, 0.4) is 0 Å². The highest BCUT2D eigenvalue weighted by Crippen LogP contribution is 2.43. The lowest BCUT2D eigenvalue weighted by Crippen LogP contribution is -2.29. The van der Waals surface area contributed by atoms with E-state index in [-0.39, 0.29) is 38.6 Å². The molecule has 3 N–H and O–H groups in total. The Labute approximate surface area is 306 Å². The number of hydrogen-bond acceptors (Lipinski definition) is 8. The zero-order chi connectivity index (χ0) is 36.8. The minimum Gasteiger partial charge on any atom is -0.462 e. The first kappa shape index (κ1) is 48.5. The van der Waals surface area contributed by atoms with Gasteiger partial charge in [-0.2, -0.15) is 0 Å². The second-order valence-corrected chi connectivity index (χ2v) is 15.0. The Kier molecular flexibility index (Phi) is 36.1. The van der Waals surface area contributed by atoms with Crippen molar-refractivity contribution in [2.75, 3.05) is 26.4 Å². The Morgan fingerprint density at radius 3 is 1.56 bits per heavy atom. The molecule has 0 aromatic rings. The topological polar surface area (TPSA) is 134 Å². The normalized spacial score (nSPS) is 13.6. The van der Waals surface area contributed by atoms with Gasteiger partial charge < -0.3 is 20.1 Å². The van der Waals surface area contributed by atoms with E-state index in [4.69, 9.17) is 24.3 Å². The van der Waals surface area contributed by atoms with Crippen LogP contribution in [0, 0.1) is 0 Å². The number of allylic oxidation sites excluding steroid dienone is 4. The van der Waals surface area contributed by atoms with E-state index in [1.807, 2.05) is 0 Å². The van der Waals surface area contributed by atoms with Crippen LogP contribution in [0.1, 0.15) is 187 Å². The van der Waals surface area contributed by atoms with Crippen LogP contribution in [0.5, 0.6) is 0 Å². The molecule has 0 aromatic carbocycles. The molecule has 0 spiro atoms. The molecule has 0 amide bonds. The van der Waals surface area contributed by atoms with E-state index in [0.717, 1.165) is 51.4 Å². The molecule has 0 bridgehead atoms. The van der Waals surface area contributed by atoms with Crippen molar-refractivity contribution >= 4 is 19.8 Å². The summed E-state index contributed by atoms with van der Waals surface area (Å²) in [6.07, 6.45) is 37.8. The fraction of sp³-hybridized carbons (Fsp3) is 0.850. The lowest BCUT2D eigenvalue weighted by atomic mass is 10.1. The zero-order valence-corrected chi connectivity index (χ0v) is 33.0. The summed E-state index contributed by atoms with van der Waals surface area (Å²) in [5, 5.41) is 0. The molecule has 0 heterocycles. The minimum absolute atomic E-state index is 0.0540. The average molecular weight is 730 g/mol.